The van der Waals surface area contributed by atoms with Gasteiger partial charge in [0.15, 0.2) is 0 Å². The van der Waals surface area contributed by atoms with Crippen molar-refractivity contribution in [1.29, 1.82) is 0 Å². The van der Waals surface area contributed by atoms with Crippen molar-refractivity contribution in [1.82, 2.24) is 15.4 Å². The van der Waals surface area contributed by atoms with Gasteiger partial charge in [-0.05, 0) is 0 Å². The van der Waals surface area contributed by atoms with Crippen molar-refractivity contribution in [3.63, 3.8) is 0 Å². The largest absolute Gasteiger partial charge is 0.382 e. The minimum Gasteiger partial charge on any atom is -0.382 e. The number of methoxy groups -OCH3 is 1. The first-order chi connectivity index (χ1) is 6.43. The second-order valence-corrected chi connectivity index (χ2v) is 2.36. The second-order valence-electron chi connectivity index (χ2n) is 2.36. The van der Waals surface area contributed by atoms with Crippen LogP contribution in [0.4, 0.5) is 0 Å². The van der Waals surface area contributed by atoms with Crippen LogP contribution in [-0.2, 0) is 16.1 Å². The van der Waals surface area contributed by atoms with Crippen LogP contribution in [0.1, 0.15) is 5.69 Å². The van der Waals surface area contributed by atoms with Gasteiger partial charge < -0.3 is 4.74 Å². The van der Waals surface area contributed by atoms with Gasteiger partial charge in [0.2, 0.25) is 0 Å². The zero-order chi connectivity index (χ0) is 9.36. The number of aromatic nitrogens is 2. The van der Waals surface area contributed by atoms with Crippen LogP contribution in [0.25, 0.3) is 0 Å². The molecule has 1 rings (SSSR count). The molecule has 0 aliphatic rings. The Morgan fingerprint density at radius 2 is 2.31 bits per heavy atom. The lowest BCUT2D eigenvalue weighted by molar-refractivity contribution is 0.00294. The van der Waals surface area contributed by atoms with Gasteiger partial charge in [0.05, 0.1) is 25.5 Å². The van der Waals surface area contributed by atoms with Gasteiger partial charge in [0, 0.05) is 25.7 Å². The van der Waals surface area contributed by atoms with E-state index >= 15 is 0 Å². The molecule has 0 atom stereocenters. The Morgan fingerprint density at radius 1 is 1.38 bits per heavy atom. The van der Waals surface area contributed by atoms with Crippen molar-refractivity contribution >= 4 is 0 Å². The highest BCUT2D eigenvalue weighted by Crippen LogP contribution is 1.87. The molecular formula is C8H13N3O2. The van der Waals surface area contributed by atoms with E-state index in [4.69, 9.17) is 9.57 Å². The first-order valence-corrected chi connectivity index (χ1v) is 4.02. The average Bonchev–Trinajstić information content (AvgIpc) is 2.19. The molecule has 0 spiro atoms. The summed E-state index contributed by atoms with van der Waals surface area (Å²) in [5, 5.41) is 0. The Morgan fingerprint density at radius 3 is 3.00 bits per heavy atom. The Labute approximate surface area is 77.1 Å². The van der Waals surface area contributed by atoms with Crippen molar-refractivity contribution in [2.45, 2.75) is 6.54 Å². The lowest BCUT2D eigenvalue weighted by atomic mass is 10.5. The summed E-state index contributed by atoms with van der Waals surface area (Å²) in [4.78, 5) is 13.0. The predicted molar refractivity (Wildman–Crippen MR) is 46.7 cm³/mol. The molecule has 0 amide bonds. The molecule has 1 heterocycles. The molecule has 1 aromatic rings. The predicted octanol–water partition coefficient (Wildman–Crippen LogP) is 0.144. The number of hydrogen-bond donors (Lipinski definition) is 1. The molecule has 0 aromatic carbocycles. The maximum absolute atomic E-state index is 5.04. The van der Waals surface area contributed by atoms with Gasteiger partial charge in [-0.1, -0.05) is 0 Å². The number of hydrogen-bond acceptors (Lipinski definition) is 5. The van der Waals surface area contributed by atoms with Gasteiger partial charge in [-0.15, -0.1) is 0 Å². The lowest BCUT2D eigenvalue weighted by Gasteiger charge is -2.03. The SMILES string of the molecule is COCCONCc1cnccn1. The first-order valence-electron chi connectivity index (χ1n) is 4.02. The lowest BCUT2D eigenvalue weighted by Crippen LogP contribution is -2.17. The maximum atomic E-state index is 5.04. The Balaban J connectivity index is 2.07. The summed E-state index contributed by atoms with van der Waals surface area (Å²) in [6, 6.07) is 0. The fourth-order valence-corrected chi connectivity index (χ4v) is 0.743. The van der Waals surface area contributed by atoms with Gasteiger partial charge in [-0.25, -0.2) is 0 Å². The molecule has 1 aromatic heterocycles. The van der Waals surface area contributed by atoms with E-state index in [-0.39, 0.29) is 0 Å². The molecule has 72 valence electrons. The number of nitrogens with zero attached hydrogens (tertiary/aromatic N) is 2. The van der Waals surface area contributed by atoms with E-state index in [1.165, 1.54) is 0 Å². The monoisotopic (exact) mass is 183 g/mol. The minimum absolute atomic E-state index is 0.525. The molecule has 0 unspecified atom stereocenters. The van der Waals surface area contributed by atoms with Crippen LogP contribution in [-0.4, -0.2) is 30.3 Å². The van der Waals surface area contributed by atoms with Crippen LogP contribution in [0.15, 0.2) is 18.6 Å². The molecule has 5 heteroatoms. The molecule has 0 aliphatic heterocycles. The second kappa shape index (κ2) is 6.47. The molecule has 5 nitrogen and oxygen atoms in total. The Bertz CT molecular complexity index is 218. The Hall–Kier alpha value is -1.04. The first kappa shape index (κ1) is 10.0. The van der Waals surface area contributed by atoms with Crippen molar-refractivity contribution in [3.05, 3.63) is 24.3 Å². The fourth-order valence-electron chi connectivity index (χ4n) is 0.743. The number of hydroxylamine groups is 1. The summed E-state index contributed by atoms with van der Waals surface area (Å²) in [7, 11) is 1.63. The van der Waals surface area contributed by atoms with Crippen LogP contribution >= 0.6 is 0 Å². The van der Waals surface area contributed by atoms with E-state index in [0.717, 1.165) is 5.69 Å². The standard InChI is InChI=1S/C8H13N3O2/c1-12-4-5-13-11-7-8-6-9-2-3-10-8/h2-3,6,11H,4-5,7H2,1H3. The number of nitrogens with one attached hydrogen (secondary N) is 1. The van der Waals surface area contributed by atoms with Crippen molar-refractivity contribution in [2.75, 3.05) is 20.3 Å². The Kier molecular flexibility index (Phi) is 5.00. The molecule has 0 aliphatic carbocycles. The quantitative estimate of drug-likeness (QED) is 0.502. The molecule has 0 fully saturated rings. The molecule has 0 saturated heterocycles. The molecule has 13 heavy (non-hydrogen) atoms. The smallest absolute Gasteiger partial charge is 0.0916 e. The van der Waals surface area contributed by atoms with Gasteiger partial charge in [0.25, 0.3) is 0 Å². The van der Waals surface area contributed by atoms with Gasteiger partial charge in [-0.2, -0.15) is 5.48 Å². The van der Waals surface area contributed by atoms with Gasteiger partial charge in [-0.3, -0.25) is 14.8 Å². The van der Waals surface area contributed by atoms with Crippen molar-refractivity contribution < 1.29 is 9.57 Å². The topological polar surface area (TPSA) is 56.3 Å². The minimum atomic E-state index is 0.525. The van der Waals surface area contributed by atoms with Crippen LogP contribution in [0.5, 0.6) is 0 Å². The van der Waals surface area contributed by atoms with E-state index in [1.54, 1.807) is 25.7 Å². The summed E-state index contributed by atoms with van der Waals surface area (Å²) in [6.07, 6.45) is 4.97. The third-order valence-electron chi connectivity index (χ3n) is 1.36. The highest BCUT2D eigenvalue weighted by molar-refractivity contribution is 4.92. The maximum Gasteiger partial charge on any atom is 0.0916 e. The van der Waals surface area contributed by atoms with E-state index in [2.05, 4.69) is 15.4 Å². The molecule has 0 radical (unpaired) electrons. The third-order valence-corrected chi connectivity index (χ3v) is 1.36. The normalized spacial score (nSPS) is 10.2. The highest BCUT2D eigenvalue weighted by Gasteiger charge is 1.92. The van der Waals surface area contributed by atoms with Crippen LogP contribution in [0, 0.1) is 0 Å². The summed E-state index contributed by atoms with van der Waals surface area (Å²) >= 11 is 0. The number of rotatable bonds is 6. The average molecular weight is 183 g/mol. The summed E-state index contributed by atoms with van der Waals surface area (Å²) < 4.78 is 4.80. The van der Waals surface area contributed by atoms with Crippen molar-refractivity contribution in [3.8, 4) is 0 Å². The highest BCUT2D eigenvalue weighted by atomic mass is 16.7. The van der Waals surface area contributed by atoms with Crippen LogP contribution < -0.4 is 5.48 Å². The molecule has 1 N–H and O–H groups in total. The molecule has 0 bridgehead atoms. The van der Waals surface area contributed by atoms with Gasteiger partial charge in [0.1, 0.15) is 0 Å². The van der Waals surface area contributed by atoms with E-state index in [1.807, 2.05) is 0 Å². The molecular weight excluding hydrogens is 170 g/mol. The summed E-state index contributed by atoms with van der Waals surface area (Å²) in [6.45, 7) is 1.65. The zero-order valence-corrected chi connectivity index (χ0v) is 7.56. The van der Waals surface area contributed by atoms with E-state index < -0.39 is 0 Å². The van der Waals surface area contributed by atoms with Crippen LogP contribution in [0.3, 0.4) is 0 Å². The third kappa shape index (κ3) is 4.51. The summed E-state index contributed by atoms with van der Waals surface area (Å²) in [5.41, 5.74) is 3.60. The summed E-state index contributed by atoms with van der Waals surface area (Å²) in [5.74, 6) is 0. The van der Waals surface area contributed by atoms with Crippen molar-refractivity contribution in [2.24, 2.45) is 0 Å². The fraction of sp³-hybridized carbons (Fsp3) is 0.500. The number of ether oxygens (including phenoxy) is 1. The van der Waals surface area contributed by atoms with Gasteiger partial charge >= 0.3 is 0 Å². The zero-order valence-electron chi connectivity index (χ0n) is 7.56. The molecule has 0 saturated carbocycles. The van der Waals surface area contributed by atoms with E-state index in [9.17, 15) is 0 Å². The van der Waals surface area contributed by atoms with E-state index in [0.29, 0.717) is 19.8 Å². The van der Waals surface area contributed by atoms with Crippen LogP contribution in [0.2, 0.25) is 0 Å².